The SMILES string of the molecule is CN1C2CCC1CC(NCC(N)=O)C2. The third-order valence-corrected chi connectivity index (χ3v) is 3.66. The molecule has 0 saturated carbocycles. The van der Waals surface area contributed by atoms with Crippen LogP contribution in [0, 0.1) is 0 Å². The normalized spacial score (nSPS) is 37.4. The molecule has 2 aliphatic rings. The molecule has 2 aliphatic heterocycles. The lowest BCUT2D eigenvalue weighted by atomic mass is 9.98. The van der Waals surface area contributed by atoms with Crippen LogP contribution in [0.4, 0.5) is 0 Å². The lowest BCUT2D eigenvalue weighted by molar-refractivity contribution is -0.117. The van der Waals surface area contributed by atoms with Gasteiger partial charge in [0, 0.05) is 18.1 Å². The maximum absolute atomic E-state index is 10.6. The van der Waals surface area contributed by atoms with E-state index >= 15 is 0 Å². The maximum Gasteiger partial charge on any atom is 0.231 e. The largest absolute Gasteiger partial charge is 0.369 e. The zero-order valence-electron chi connectivity index (χ0n) is 8.70. The average molecular weight is 197 g/mol. The number of piperidine rings is 1. The van der Waals surface area contributed by atoms with E-state index in [0.717, 1.165) is 12.1 Å². The molecule has 2 saturated heterocycles. The molecular formula is C10H19N3O. The second-order valence-electron chi connectivity index (χ2n) is 4.57. The van der Waals surface area contributed by atoms with Crippen molar-refractivity contribution in [2.75, 3.05) is 13.6 Å². The average Bonchev–Trinajstić information content (AvgIpc) is 2.41. The number of carbonyl (C=O) groups is 1. The van der Waals surface area contributed by atoms with Crippen molar-refractivity contribution in [3.8, 4) is 0 Å². The van der Waals surface area contributed by atoms with E-state index < -0.39 is 0 Å². The monoisotopic (exact) mass is 197 g/mol. The van der Waals surface area contributed by atoms with Crippen molar-refractivity contribution in [1.82, 2.24) is 10.2 Å². The van der Waals surface area contributed by atoms with E-state index in [1.165, 1.54) is 25.7 Å². The van der Waals surface area contributed by atoms with E-state index in [4.69, 9.17) is 5.73 Å². The zero-order valence-corrected chi connectivity index (χ0v) is 8.70. The maximum atomic E-state index is 10.6. The van der Waals surface area contributed by atoms with Gasteiger partial charge in [0.1, 0.15) is 0 Å². The van der Waals surface area contributed by atoms with Crippen molar-refractivity contribution in [2.24, 2.45) is 5.73 Å². The van der Waals surface area contributed by atoms with Crippen LogP contribution in [0.5, 0.6) is 0 Å². The number of hydrogen-bond donors (Lipinski definition) is 2. The molecule has 2 fully saturated rings. The van der Waals surface area contributed by atoms with Crippen LogP contribution in [0.3, 0.4) is 0 Å². The summed E-state index contributed by atoms with van der Waals surface area (Å²) in [6.07, 6.45) is 4.96. The molecule has 0 aliphatic carbocycles. The van der Waals surface area contributed by atoms with Crippen molar-refractivity contribution >= 4 is 5.91 Å². The number of primary amides is 1. The van der Waals surface area contributed by atoms with E-state index in [9.17, 15) is 4.79 Å². The molecule has 0 aromatic heterocycles. The number of fused-ring (bicyclic) bond motifs is 2. The van der Waals surface area contributed by atoms with Gasteiger partial charge in [-0.2, -0.15) is 0 Å². The first-order chi connectivity index (χ1) is 6.66. The Morgan fingerprint density at radius 1 is 1.43 bits per heavy atom. The van der Waals surface area contributed by atoms with Crippen LogP contribution in [0.25, 0.3) is 0 Å². The number of carbonyl (C=O) groups excluding carboxylic acids is 1. The van der Waals surface area contributed by atoms with E-state index in [2.05, 4.69) is 17.3 Å². The minimum atomic E-state index is -0.253. The molecule has 2 atom stereocenters. The molecule has 14 heavy (non-hydrogen) atoms. The molecule has 0 aromatic rings. The standard InChI is InChI=1S/C10H19N3O/c1-13-8-2-3-9(13)5-7(4-8)12-6-10(11)14/h7-9,12H,2-6H2,1H3,(H2,11,14). The highest BCUT2D eigenvalue weighted by molar-refractivity contribution is 5.75. The molecule has 2 bridgehead atoms. The topological polar surface area (TPSA) is 58.4 Å². The van der Waals surface area contributed by atoms with Crippen LogP contribution < -0.4 is 11.1 Å². The number of nitrogens with two attached hydrogens (primary N) is 1. The fourth-order valence-corrected chi connectivity index (χ4v) is 2.82. The Balaban J connectivity index is 1.84. The van der Waals surface area contributed by atoms with Crippen LogP contribution in [0.15, 0.2) is 0 Å². The van der Waals surface area contributed by atoms with Crippen molar-refractivity contribution in [3.05, 3.63) is 0 Å². The van der Waals surface area contributed by atoms with Crippen LogP contribution in [-0.4, -0.2) is 42.5 Å². The Morgan fingerprint density at radius 3 is 2.50 bits per heavy atom. The summed E-state index contributed by atoms with van der Waals surface area (Å²) in [7, 11) is 2.21. The number of hydrogen-bond acceptors (Lipinski definition) is 3. The first kappa shape index (κ1) is 9.93. The van der Waals surface area contributed by atoms with Gasteiger partial charge in [-0.1, -0.05) is 0 Å². The van der Waals surface area contributed by atoms with Crippen molar-refractivity contribution in [1.29, 1.82) is 0 Å². The molecule has 0 radical (unpaired) electrons. The molecule has 2 rings (SSSR count). The molecular weight excluding hydrogens is 178 g/mol. The van der Waals surface area contributed by atoms with Gasteiger partial charge in [0.2, 0.25) is 5.91 Å². The highest BCUT2D eigenvalue weighted by atomic mass is 16.1. The Bertz CT molecular complexity index is 217. The van der Waals surface area contributed by atoms with Gasteiger partial charge >= 0.3 is 0 Å². The molecule has 2 heterocycles. The Morgan fingerprint density at radius 2 is 2.00 bits per heavy atom. The third-order valence-electron chi connectivity index (χ3n) is 3.66. The van der Waals surface area contributed by atoms with Crippen molar-refractivity contribution < 1.29 is 4.79 Å². The number of amides is 1. The predicted octanol–water partition coefficient (Wildman–Crippen LogP) is -0.313. The first-order valence-electron chi connectivity index (χ1n) is 5.40. The Hall–Kier alpha value is -0.610. The summed E-state index contributed by atoms with van der Waals surface area (Å²) in [4.78, 5) is 13.1. The summed E-state index contributed by atoms with van der Waals surface area (Å²) in [6, 6.07) is 1.94. The second kappa shape index (κ2) is 3.87. The predicted molar refractivity (Wildman–Crippen MR) is 54.8 cm³/mol. The first-order valence-corrected chi connectivity index (χ1v) is 5.40. The summed E-state index contributed by atoms with van der Waals surface area (Å²) < 4.78 is 0. The lowest BCUT2D eigenvalue weighted by Crippen LogP contribution is -2.48. The highest BCUT2D eigenvalue weighted by Crippen LogP contribution is 2.33. The van der Waals surface area contributed by atoms with Crippen LogP contribution >= 0.6 is 0 Å². The minimum Gasteiger partial charge on any atom is -0.369 e. The molecule has 1 amide bonds. The Labute approximate surface area is 84.8 Å². The third kappa shape index (κ3) is 1.91. The number of nitrogens with one attached hydrogen (secondary N) is 1. The number of rotatable bonds is 3. The summed E-state index contributed by atoms with van der Waals surface area (Å²) in [5.74, 6) is -0.253. The summed E-state index contributed by atoms with van der Waals surface area (Å²) in [5, 5.41) is 3.24. The lowest BCUT2D eigenvalue weighted by Gasteiger charge is -2.36. The van der Waals surface area contributed by atoms with Gasteiger partial charge in [-0.3, -0.25) is 4.79 Å². The highest BCUT2D eigenvalue weighted by Gasteiger charge is 2.38. The second-order valence-corrected chi connectivity index (χ2v) is 4.57. The quantitative estimate of drug-likeness (QED) is 0.652. The van der Waals surface area contributed by atoms with Gasteiger partial charge in [-0.05, 0) is 32.7 Å². The van der Waals surface area contributed by atoms with Gasteiger partial charge in [-0.15, -0.1) is 0 Å². The molecule has 80 valence electrons. The number of nitrogens with zero attached hydrogens (tertiary/aromatic N) is 1. The molecule has 0 aromatic carbocycles. The van der Waals surface area contributed by atoms with Gasteiger partial charge < -0.3 is 16.0 Å². The smallest absolute Gasteiger partial charge is 0.231 e. The molecule has 4 nitrogen and oxygen atoms in total. The van der Waals surface area contributed by atoms with Crippen molar-refractivity contribution in [3.63, 3.8) is 0 Å². The van der Waals surface area contributed by atoms with Gasteiger partial charge in [0.05, 0.1) is 6.54 Å². The van der Waals surface area contributed by atoms with E-state index in [-0.39, 0.29) is 5.91 Å². The van der Waals surface area contributed by atoms with E-state index in [1.54, 1.807) is 0 Å². The van der Waals surface area contributed by atoms with Crippen LogP contribution in [0.2, 0.25) is 0 Å². The van der Waals surface area contributed by atoms with Crippen LogP contribution in [-0.2, 0) is 4.79 Å². The fourth-order valence-electron chi connectivity index (χ4n) is 2.82. The van der Waals surface area contributed by atoms with Crippen molar-refractivity contribution in [2.45, 2.75) is 43.8 Å². The molecule has 2 unspecified atom stereocenters. The molecule has 4 heteroatoms. The Kier molecular flexibility index (Phi) is 2.74. The van der Waals surface area contributed by atoms with E-state index in [1.807, 2.05) is 0 Å². The summed E-state index contributed by atoms with van der Waals surface area (Å²) >= 11 is 0. The summed E-state index contributed by atoms with van der Waals surface area (Å²) in [6.45, 7) is 0.327. The minimum absolute atomic E-state index is 0.253. The van der Waals surface area contributed by atoms with Gasteiger partial charge in [0.25, 0.3) is 0 Å². The molecule has 0 spiro atoms. The fraction of sp³-hybridized carbons (Fsp3) is 0.900. The summed E-state index contributed by atoms with van der Waals surface area (Å²) in [5.41, 5.74) is 5.11. The molecule has 3 N–H and O–H groups in total. The van der Waals surface area contributed by atoms with Gasteiger partial charge in [0.15, 0.2) is 0 Å². The van der Waals surface area contributed by atoms with Gasteiger partial charge in [-0.25, -0.2) is 0 Å². The van der Waals surface area contributed by atoms with Crippen LogP contribution in [0.1, 0.15) is 25.7 Å². The van der Waals surface area contributed by atoms with E-state index in [0.29, 0.717) is 12.6 Å². The zero-order chi connectivity index (χ0) is 10.1.